The van der Waals surface area contributed by atoms with Gasteiger partial charge < -0.3 is 4.98 Å². The number of fused-ring (bicyclic) bond motifs is 3. The third kappa shape index (κ3) is 4.16. The Hall–Kier alpha value is -3.46. The molecule has 0 saturated heterocycles. The third-order valence-corrected chi connectivity index (χ3v) is 5.31. The van der Waals surface area contributed by atoms with E-state index in [1.165, 1.54) is 0 Å². The molecule has 0 atom stereocenters. The van der Waals surface area contributed by atoms with Crippen molar-refractivity contribution in [3.05, 3.63) is 133 Å². The van der Waals surface area contributed by atoms with Crippen molar-refractivity contribution in [3.8, 4) is 0 Å². The maximum absolute atomic E-state index is 13.4. The van der Waals surface area contributed by atoms with Crippen LogP contribution in [0, 0.1) is 12.8 Å². The van der Waals surface area contributed by atoms with E-state index in [4.69, 9.17) is 0 Å². The van der Waals surface area contributed by atoms with Gasteiger partial charge in [0.05, 0.1) is 16.8 Å². The minimum absolute atomic E-state index is 0. The summed E-state index contributed by atoms with van der Waals surface area (Å²) in [5.41, 5.74) is 4.79. The summed E-state index contributed by atoms with van der Waals surface area (Å²) in [6, 6.07) is 17.4. The zero-order valence-electron chi connectivity index (χ0n) is 17.2. The molecule has 4 heteroatoms. The van der Waals surface area contributed by atoms with E-state index in [1.807, 2.05) is 110 Å². The number of hydrogen-bond donors (Lipinski definition) is 1. The molecule has 0 spiro atoms. The summed E-state index contributed by atoms with van der Waals surface area (Å²) in [6.45, 7) is 0. The number of para-hydroxylation sites is 1. The fourth-order valence-corrected chi connectivity index (χ4v) is 3.83. The number of pyridine rings is 1. The average molecular weight is 456 g/mol. The molecule has 2 aliphatic carbocycles. The Balaban J connectivity index is 0.000000363. The van der Waals surface area contributed by atoms with Crippen LogP contribution in [0.15, 0.2) is 103 Å². The topological polar surface area (TPSA) is 45.8 Å². The summed E-state index contributed by atoms with van der Waals surface area (Å²) in [5, 5.41) is 2.04. The summed E-state index contributed by atoms with van der Waals surface area (Å²) in [5.74, 6) is -0.0218. The fourth-order valence-electron chi connectivity index (χ4n) is 3.83. The largest absolute Gasteiger partial charge is 0.354 e. The van der Waals surface area contributed by atoms with E-state index >= 15 is 0 Å². The Labute approximate surface area is 197 Å². The first-order chi connectivity index (χ1) is 15.3. The van der Waals surface area contributed by atoms with Crippen LogP contribution < -0.4 is 0 Å². The Kier molecular flexibility index (Phi) is 6.65. The number of carbonyl (C=O) groups is 1. The molecular weight excluding hydrogens is 436 g/mol. The number of nitrogens with zero attached hydrogens (tertiary/aromatic N) is 1. The second kappa shape index (κ2) is 9.78. The molecule has 0 unspecified atom stereocenters. The Bertz CT molecular complexity index is 1380. The van der Waals surface area contributed by atoms with Gasteiger partial charge in [0.15, 0.2) is 5.78 Å². The van der Waals surface area contributed by atoms with Crippen molar-refractivity contribution in [1.82, 2.24) is 9.97 Å². The van der Waals surface area contributed by atoms with Gasteiger partial charge in [-0.1, -0.05) is 91.1 Å². The van der Waals surface area contributed by atoms with Gasteiger partial charge in [0, 0.05) is 58.0 Å². The predicted octanol–water partition coefficient (Wildman–Crippen LogP) is 6.42. The maximum atomic E-state index is 13.4. The van der Waals surface area contributed by atoms with Gasteiger partial charge in [-0.2, -0.15) is 0 Å². The molecule has 2 radical (unpaired) electrons. The second-order valence-electron chi connectivity index (χ2n) is 7.27. The summed E-state index contributed by atoms with van der Waals surface area (Å²) < 4.78 is 0. The summed E-state index contributed by atoms with van der Waals surface area (Å²) in [6.07, 6.45) is 19.8. The summed E-state index contributed by atoms with van der Waals surface area (Å²) >= 11 is 0. The number of H-pyrrole nitrogens is 1. The molecular formula is C28H20FeN2O. The van der Waals surface area contributed by atoms with Crippen molar-refractivity contribution in [2.75, 3.05) is 0 Å². The maximum Gasteiger partial charge on any atom is 0.197 e. The standard InChI is InChI=1S/C23H15N2O.C5H5.Fe/c26-23(16-10-2-1-3-11-16)20-21(15-8-4-5-9-15)24-14-18-17-12-6-7-13-19(17)25-22(18)20;1-2-4-5-3-1;/h1-14,25H;1-5H;. The molecule has 0 bridgehead atoms. The number of rotatable bonds is 3. The van der Waals surface area contributed by atoms with Crippen LogP contribution in [-0.2, 0) is 17.1 Å². The van der Waals surface area contributed by atoms with Gasteiger partial charge in [-0.15, -0.1) is 0 Å². The Morgan fingerprint density at radius 2 is 1.53 bits per heavy atom. The summed E-state index contributed by atoms with van der Waals surface area (Å²) in [4.78, 5) is 21.5. The van der Waals surface area contributed by atoms with E-state index in [9.17, 15) is 4.79 Å². The molecule has 2 aromatic heterocycles. The van der Waals surface area contributed by atoms with E-state index < -0.39 is 0 Å². The zero-order valence-corrected chi connectivity index (χ0v) is 18.3. The smallest absolute Gasteiger partial charge is 0.197 e. The predicted molar refractivity (Wildman–Crippen MR) is 127 cm³/mol. The fraction of sp³-hybridized carbons (Fsp3) is 0. The molecule has 0 saturated carbocycles. The molecule has 2 aromatic carbocycles. The van der Waals surface area contributed by atoms with Gasteiger partial charge in [-0.3, -0.25) is 9.78 Å². The normalized spacial score (nSPS) is 13.7. The molecule has 2 aliphatic rings. The van der Waals surface area contributed by atoms with Crippen molar-refractivity contribution in [3.63, 3.8) is 0 Å². The average Bonchev–Trinajstić information content (AvgIpc) is 3.61. The van der Waals surface area contributed by atoms with Crippen LogP contribution in [0.3, 0.4) is 0 Å². The first-order valence-corrected chi connectivity index (χ1v) is 10.2. The molecule has 156 valence electrons. The van der Waals surface area contributed by atoms with Crippen molar-refractivity contribution in [2.45, 2.75) is 0 Å². The van der Waals surface area contributed by atoms with Crippen LogP contribution in [0.2, 0.25) is 0 Å². The molecule has 0 fully saturated rings. The van der Waals surface area contributed by atoms with E-state index in [1.54, 1.807) is 0 Å². The van der Waals surface area contributed by atoms with E-state index in [-0.39, 0.29) is 22.9 Å². The minimum atomic E-state index is -0.0218. The van der Waals surface area contributed by atoms with Crippen molar-refractivity contribution in [2.24, 2.45) is 0 Å². The zero-order chi connectivity index (χ0) is 21.0. The molecule has 32 heavy (non-hydrogen) atoms. The van der Waals surface area contributed by atoms with Crippen LogP contribution in [0.1, 0.15) is 21.6 Å². The van der Waals surface area contributed by atoms with E-state index in [0.717, 1.165) is 27.4 Å². The number of hydrogen-bond acceptors (Lipinski definition) is 2. The first-order valence-electron chi connectivity index (χ1n) is 10.2. The first kappa shape index (κ1) is 21.8. The van der Waals surface area contributed by atoms with Crippen molar-refractivity contribution in [1.29, 1.82) is 0 Å². The quantitative estimate of drug-likeness (QED) is 0.286. The van der Waals surface area contributed by atoms with Crippen molar-refractivity contribution < 1.29 is 21.9 Å². The number of aromatic amines is 1. The van der Waals surface area contributed by atoms with Crippen LogP contribution >= 0.6 is 0 Å². The van der Waals surface area contributed by atoms with Crippen molar-refractivity contribution >= 4 is 33.2 Å². The van der Waals surface area contributed by atoms with Gasteiger partial charge >= 0.3 is 0 Å². The molecule has 1 N–H and O–H groups in total. The number of aromatic nitrogens is 2. The monoisotopic (exact) mass is 456 g/mol. The second-order valence-corrected chi connectivity index (χ2v) is 7.27. The molecule has 2 heterocycles. The molecule has 3 nitrogen and oxygen atoms in total. The van der Waals surface area contributed by atoms with Crippen LogP contribution in [0.5, 0.6) is 0 Å². The van der Waals surface area contributed by atoms with E-state index in [0.29, 0.717) is 16.8 Å². The SMILES string of the molecule is O=C(c1ccccc1)c1c(C2=C[CH]C=C2)ncc2c1[nH]c1ccccc12.[CH]1C=CC=C1.[Fe]. The molecule has 6 rings (SSSR count). The summed E-state index contributed by atoms with van der Waals surface area (Å²) in [7, 11) is 0. The van der Waals surface area contributed by atoms with Crippen LogP contribution in [-0.4, -0.2) is 15.8 Å². The molecule has 4 aromatic rings. The van der Waals surface area contributed by atoms with Gasteiger partial charge in [-0.25, -0.2) is 0 Å². The van der Waals surface area contributed by atoms with Crippen LogP contribution in [0.4, 0.5) is 0 Å². The van der Waals surface area contributed by atoms with Gasteiger partial charge in [0.2, 0.25) is 0 Å². The number of allylic oxidation sites excluding steroid dienone is 8. The minimum Gasteiger partial charge on any atom is -0.354 e. The van der Waals surface area contributed by atoms with Gasteiger partial charge in [-0.05, 0) is 11.6 Å². The number of nitrogens with one attached hydrogen (secondary N) is 1. The number of carbonyl (C=O) groups excluding carboxylic acids is 1. The Morgan fingerprint density at radius 1 is 0.781 bits per heavy atom. The third-order valence-electron chi connectivity index (χ3n) is 5.31. The Morgan fingerprint density at radius 3 is 2.22 bits per heavy atom. The molecule has 0 amide bonds. The number of benzene rings is 2. The van der Waals surface area contributed by atoms with Gasteiger partial charge in [0.1, 0.15) is 0 Å². The molecule has 0 aliphatic heterocycles. The van der Waals surface area contributed by atoms with Crippen LogP contribution in [0.25, 0.3) is 27.4 Å². The van der Waals surface area contributed by atoms with Gasteiger partial charge in [0.25, 0.3) is 0 Å². The number of ketones is 1. The van der Waals surface area contributed by atoms with E-state index in [2.05, 4.69) is 16.0 Å².